The van der Waals surface area contributed by atoms with Crippen LogP contribution >= 0.6 is 23.4 Å². The van der Waals surface area contributed by atoms with Crippen molar-refractivity contribution >= 4 is 23.4 Å². The van der Waals surface area contributed by atoms with Crippen LogP contribution in [0.5, 0.6) is 0 Å². The summed E-state index contributed by atoms with van der Waals surface area (Å²) in [6.07, 6.45) is 0. The third-order valence-corrected chi connectivity index (χ3v) is 3.19. The molecule has 0 spiro atoms. The van der Waals surface area contributed by atoms with Crippen LogP contribution in [0.1, 0.15) is 19.9 Å². The zero-order valence-electron chi connectivity index (χ0n) is 9.35. The Labute approximate surface area is 107 Å². The van der Waals surface area contributed by atoms with Crippen molar-refractivity contribution in [2.75, 3.05) is 0 Å². The fourth-order valence-electron chi connectivity index (χ4n) is 1.36. The van der Waals surface area contributed by atoms with Crippen molar-refractivity contribution in [3.05, 3.63) is 33.8 Å². The monoisotopic (exact) mass is 270 g/mol. The minimum absolute atomic E-state index is 0.0444. The number of aromatic nitrogens is 4. The molecule has 17 heavy (non-hydrogen) atoms. The molecule has 0 aliphatic heterocycles. The first-order valence-electron chi connectivity index (χ1n) is 5.05. The van der Waals surface area contributed by atoms with Crippen molar-refractivity contribution in [1.82, 2.24) is 19.7 Å². The first kappa shape index (κ1) is 12.2. The van der Waals surface area contributed by atoms with E-state index in [-0.39, 0.29) is 11.7 Å². The van der Waals surface area contributed by atoms with E-state index in [0.29, 0.717) is 15.3 Å². The summed E-state index contributed by atoms with van der Waals surface area (Å²) in [5.41, 5.74) is -0.218. The lowest BCUT2D eigenvalue weighted by Crippen LogP contribution is -2.19. The minimum Gasteiger partial charge on any atom is -0.267 e. The maximum Gasteiger partial charge on any atom is 0.344 e. The van der Waals surface area contributed by atoms with Gasteiger partial charge in [0.1, 0.15) is 10.2 Å². The molecule has 0 saturated carbocycles. The molecule has 0 aliphatic rings. The number of halogens is 1. The van der Waals surface area contributed by atoms with Gasteiger partial charge in [-0.1, -0.05) is 17.7 Å². The lowest BCUT2D eigenvalue weighted by Gasteiger charge is -2.07. The van der Waals surface area contributed by atoms with Crippen LogP contribution in [0.15, 0.2) is 33.2 Å². The summed E-state index contributed by atoms with van der Waals surface area (Å²) in [5.74, 6) is 0. The van der Waals surface area contributed by atoms with E-state index in [0.717, 1.165) is 0 Å². The normalized spacial score (nSPS) is 11.1. The van der Waals surface area contributed by atoms with Crippen LogP contribution in [-0.2, 0) is 0 Å². The van der Waals surface area contributed by atoms with Gasteiger partial charge in [-0.3, -0.25) is 4.57 Å². The molecule has 0 fully saturated rings. The smallest absolute Gasteiger partial charge is 0.267 e. The summed E-state index contributed by atoms with van der Waals surface area (Å²) < 4.78 is 1.58. The number of H-pyrrole nitrogens is 1. The Bertz CT molecular complexity index is 578. The first-order chi connectivity index (χ1) is 8.08. The van der Waals surface area contributed by atoms with Gasteiger partial charge in [0.25, 0.3) is 0 Å². The Balaban J connectivity index is 2.34. The lowest BCUT2D eigenvalue weighted by atomic mass is 10.4. The molecule has 2 aromatic heterocycles. The van der Waals surface area contributed by atoms with Crippen LogP contribution in [0, 0.1) is 0 Å². The highest BCUT2D eigenvalue weighted by Gasteiger charge is 2.13. The molecule has 2 rings (SSSR count). The van der Waals surface area contributed by atoms with Gasteiger partial charge in [-0.2, -0.15) is 0 Å². The van der Waals surface area contributed by atoms with Gasteiger partial charge >= 0.3 is 5.69 Å². The molecule has 2 heterocycles. The van der Waals surface area contributed by atoms with Crippen molar-refractivity contribution in [2.24, 2.45) is 0 Å². The summed E-state index contributed by atoms with van der Waals surface area (Å²) in [7, 11) is 0. The molecule has 0 amide bonds. The molecule has 0 radical (unpaired) electrons. The average molecular weight is 271 g/mol. The molecule has 1 N–H and O–H groups in total. The van der Waals surface area contributed by atoms with Gasteiger partial charge in [-0.15, -0.1) is 5.10 Å². The summed E-state index contributed by atoms with van der Waals surface area (Å²) in [6.45, 7) is 3.85. The van der Waals surface area contributed by atoms with Gasteiger partial charge in [0.05, 0.1) is 0 Å². The second-order valence-electron chi connectivity index (χ2n) is 3.68. The summed E-state index contributed by atoms with van der Waals surface area (Å²) in [6, 6.07) is 5.37. The highest BCUT2D eigenvalue weighted by molar-refractivity contribution is 7.99. The second-order valence-corrected chi connectivity index (χ2v) is 5.05. The SMILES string of the molecule is CC(C)n1c(Sc2cccc(Cl)n2)n[nH]c1=O. The van der Waals surface area contributed by atoms with E-state index in [1.54, 1.807) is 10.6 Å². The van der Waals surface area contributed by atoms with Crippen molar-refractivity contribution < 1.29 is 0 Å². The van der Waals surface area contributed by atoms with E-state index in [1.807, 2.05) is 26.0 Å². The predicted octanol–water partition coefficient (Wildman–Crippen LogP) is 2.35. The Hall–Kier alpha value is -1.27. The zero-order valence-corrected chi connectivity index (χ0v) is 10.9. The maximum atomic E-state index is 11.5. The fourth-order valence-corrected chi connectivity index (χ4v) is 2.53. The van der Waals surface area contributed by atoms with Gasteiger partial charge in [0.2, 0.25) is 0 Å². The molecule has 0 unspecified atom stereocenters. The lowest BCUT2D eigenvalue weighted by molar-refractivity contribution is 0.534. The highest BCUT2D eigenvalue weighted by Crippen LogP contribution is 2.25. The van der Waals surface area contributed by atoms with E-state index < -0.39 is 0 Å². The van der Waals surface area contributed by atoms with E-state index in [9.17, 15) is 4.79 Å². The van der Waals surface area contributed by atoms with Gasteiger partial charge in [-0.05, 0) is 37.7 Å². The Morgan fingerprint density at radius 3 is 2.88 bits per heavy atom. The molecule has 7 heteroatoms. The van der Waals surface area contributed by atoms with E-state index in [1.165, 1.54) is 11.8 Å². The van der Waals surface area contributed by atoms with Crippen LogP contribution < -0.4 is 5.69 Å². The highest BCUT2D eigenvalue weighted by atomic mass is 35.5. The van der Waals surface area contributed by atoms with Crippen LogP contribution in [0.3, 0.4) is 0 Å². The predicted molar refractivity (Wildman–Crippen MR) is 66.6 cm³/mol. The Morgan fingerprint density at radius 2 is 2.24 bits per heavy atom. The number of pyridine rings is 1. The number of hydrogen-bond acceptors (Lipinski definition) is 4. The number of hydrogen-bond donors (Lipinski definition) is 1. The molecule has 0 aromatic carbocycles. The standard InChI is InChI=1S/C10H11ClN4OS/c1-6(2)15-9(16)13-14-10(15)17-8-5-3-4-7(11)12-8/h3-6H,1-2H3,(H,13,16). The number of rotatable bonds is 3. The molecule has 5 nitrogen and oxygen atoms in total. The zero-order chi connectivity index (χ0) is 12.4. The first-order valence-corrected chi connectivity index (χ1v) is 6.24. The minimum atomic E-state index is -0.218. The van der Waals surface area contributed by atoms with Gasteiger partial charge in [0.15, 0.2) is 5.16 Å². The number of nitrogens with one attached hydrogen (secondary N) is 1. The molecule has 90 valence electrons. The molecular formula is C10H11ClN4OS. The molecule has 0 aliphatic carbocycles. The topological polar surface area (TPSA) is 63.6 Å². The number of nitrogens with zero attached hydrogens (tertiary/aromatic N) is 3. The molecule has 0 bridgehead atoms. The van der Waals surface area contributed by atoms with Crippen molar-refractivity contribution in [1.29, 1.82) is 0 Å². The Kier molecular flexibility index (Phi) is 3.54. The third kappa shape index (κ3) is 2.70. The summed E-state index contributed by atoms with van der Waals surface area (Å²) in [5, 5.41) is 8.11. The van der Waals surface area contributed by atoms with E-state index in [4.69, 9.17) is 11.6 Å². The Morgan fingerprint density at radius 1 is 1.47 bits per heavy atom. The quantitative estimate of drug-likeness (QED) is 0.870. The summed E-state index contributed by atoms with van der Waals surface area (Å²) in [4.78, 5) is 15.7. The van der Waals surface area contributed by atoms with E-state index in [2.05, 4.69) is 15.2 Å². The largest absolute Gasteiger partial charge is 0.344 e. The molecular weight excluding hydrogens is 260 g/mol. The van der Waals surface area contributed by atoms with Crippen LogP contribution in [-0.4, -0.2) is 19.7 Å². The van der Waals surface area contributed by atoms with Crippen molar-refractivity contribution in [3.8, 4) is 0 Å². The van der Waals surface area contributed by atoms with Crippen molar-refractivity contribution in [3.63, 3.8) is 0 Å². The van der Waals surface area contributed by atoms with Crippen molar-refractivity contribution in [2.45, 2.75) is 30.1 Å². The van der Waals surface area contributed by atoms with Crippen LogP contribution in [0.4, 0.5) is 0 Å². The van der Waals surface area contributed by atoms with Gasteiger partial charge in [-0.25, -0.2) is 14.9 Å². The van der Waals surface area contributed by atoms with Crippen LogP contribution in [0.2, 0.25) is 5.15 Å². The van der Waals surface area contributed by atoms with Gasteiger partial charge < -0.3 is 0 Å². The summed E-state index contributed by atoms with van der Waals surface area (Å²) >= 11 is 7.10. The van der Waals surface area contributed by atoms with Gasteiger partial charge in [0, 0.05) is 6.04 Å². The van der Waals surface area contributed by atoms with E-state index >= 15 is 0 Å². The van der Waals surface area contributed by atoms with Crippen LogP contribution in [0.25, 0.3) is 0 Å². The number of aromatic amines is 1. The molecule has 2 aromatic rings. The maximum absolute atomic E-state index is 11.5. The molecule has 0 atom stereocenters. The average Bonchev–Trinajstić information content (AvgIpc) is 2.59. The second kappa shape index (κ2) is 4.93. The third-order valence-electron chi connectivity index (χ3n) is 2.07. The molecule has 0 saturated heterocycles. The fraction of sp³-hybridized carbons (Fsp3) is 0.300.